The van der Waals surface area contributed by atoms with Crippen molar-refractivity contribution in [3.8, 4) is 0 Å². The molecule has 1 aliphatic rings. The third kappa shape index (κ3) is 2.81. The van der Waals surface area contributed by atoms with Gasteiger partial charge in [0.25, 0.3) is 0 Å². The number of carbonyl (C=O) groups excluding carboxylic acids is 2. The third-order valence-electron chi connectivity index (χ3n) is 3.48. The van der Waals surface area contributed by atoms with E-state index in [1.807, 2.05) is 0 Å². The second kappa shape index (κ2) is 5.82. The molecule has 0 fully saturated rings. The fourth-order valence-corrected chi connectivity index (χ4v) is 2.37. The number of para-hydroxylation sites is 1. The number of nitrogens with one attached hydrogen (secondary N) is 1. The number of anilines is 1. The first kappa shape index (κ1) is 14.8. The number of amides is 3. The Labute approximate surface area is 122 Å². The zero-order valence-electron chi connectivity index (χ0n) is 11.9. The minimum Gasteiger partial charge on any atom is -0.481 e. The fourth-order valence-electron chi connectivity index (χ4n) is 2.37. The summed E-state index contributed by atoms with van der Waals surface area (Å²) < 4.78 is 0. The molecule has 1 atom stereocenters. The molecule has 2 N–H and O–H groups in total. The van der Waals surface area contributed by atoms with Crippen LogP contribution in [0, 0.1) is 0 Å². The number of likely N-dealkylation sites (N-methyl/N-ethyl adjacent to an activating group) is 2. The number of hydrogen-bond acceptors (Lipinski definition) is 3. The maximum atomic E-state index is 12.4. The first-order chi connectivity index (χ1) is 9.95. The number of benzene rings is 1. The number of nitrogens with zero attached hydrogens (tertiary/aromatic N) is 2. The molecule has 0 radical (unpaired) electrons. The van der Waals surface area contributed by atoms with Crippen LogP contribution >= 0.6 is 0 Å². The SMILES string of the molecule is CNC(=O)CN(C)C(=O)N1CC(C(=O)O)c2ccccc21. The van der Waals surface area contributed by atoms with E-state index in [2.05, 4.69) is 5.32 Å². The lowest BCUT2D eigenvalue weighted by Gasteiger charge is -2.24. The van der Waals surface area contributed by atoms with Crippen molar-refractivity contribution in [1.82, 2.24) is 10.2 Å². The summed E-state index contributed by atoms with van der Waals surface area (Å²) in [6, 6.07) is 6.53. The summed E-state index contributed by atoms with van der Waals surface area (Å²) in [5.41, 5.74) is 1.20. The van der Waals surface area contributed by atoms with E-state index < -0.39 is 17.9 Å². The van der Waals surface area contributed by atoms with Crippen molar-refractivity contribution >= 4 is 23.6 Å². The van der Waals surface area contributed by atoms with Gasteiger partial charge in [0.1, 0.15) is 12.5 Å². The standard InChI is InChI=1S/C14H17N3O4/c1-15-12(18)8-16(2)14(21)17-7-10(13(19)20)9-5-3-4-6-11(9)17/h3-6,10H,7-8H2,1-2H3,(H,15,18)(H,19,20). The van der Waals surface area contributed by atoms with Gasteiger partial charge in [0, 0.05) is 26.3 Å². The molecule has 0 bridgehead atoms. The van der Waals surface area contributed by atoms with Crippen LogP contribution in [0.4, 0.5) is 10.5 Å². The van der Waals surface area contributed by atoms with Crippen molar-refractivity contribution < 1.29 is 19.5 Å². The minimum atomic E-state index is -0.966. The number of urea groups is 1. The van der Waals surface area contributed by atoms with E-state index in [1.165, 1.54) is 23.9 Å². The van der Waals surface area contributed by atoms with Crippen molar-refractivity contribution in [3.63, 3.8) is 0 Å². The van der Waals surface area contributed by atoms with Crippen molar-refractivity contribution in [2.24, 2.45) is 0 Å². The van der Waals surface area contributed by atoms with Gasteiger partial charge in [-0.1, -0.05) is 18.2 Å². The largest absolute Gasteiger partial charge is 0.481 e. The molecular weight excluding hydrogens is 274 g/mol. The highest BCUT2D eigenvalue weighted by molar-refractivity contribution is 5.99. The second-order valence-corrected chi connectivity index (χ2v) is 4.87. The van der Waals surface area contributed by atoms with Gasteiger partial charge in [0.15, 0.2) is 0 Å². The molecule has 1 aromatic rings. The van der Waals surface area contributed by atoms with Crippen LogP contribution < -0.4 is 10.2 Å². The summed E-state index contributed by atoms with van der Waals surface area (Å²) in [6.07, 6.45) is 0. The number of aliphatic carboxylic acids is 1. The van der Waals surface area contributed by atoms with Gasteiger partial charge in [-0.3, -0.25) is 14.5 Å². The lowest BCUT2D eigenvalue weighted by molar-refractivity contribution is -0.138. The maximum absolute atomic E-state index is 12.4. The smallest absolute Gasteiger partial charge is 0.324 e. The highest BCUT2D eigenvalue weighted by atomic mass is 16.4. The third-order valence-corrected chi connectivity index (χ3v) is 3.48. The van der Waals surface area contributed by atoms with Crippen molar-refractivity contribution in [2.45, 2.75) is 5.92 Å². The lowest BCUT2D eigenvalue weighted by atomic mass is 10.0. The summed E-state index contributed by atoms with van der Waals surface area (Å²) in [6.45, 7) is -0.00264. The predicted molar refractivity (Wildman–Crippen MR) is 76.3 cm³/mol. The van der Waals surface area contributed by atoms with Crippen LogP contribution in [0.3, 0.4) is 0 Å². The first-order valence-electron chi connectivity index (χ1n) is 6.50. The van der Waals surface area contributed by atoms with E-state index >= 15 is 0 Å². The van der Waals surface area contributed by atoms with E-state index in [9.17, 15) is 19.5 Å². The van der Waals surface area contributed by atoms with E-state index in [0.29, 0.717) is 11.3 Å². The summed E-state index contributed by atoms with van der Waals surface area (Å²) in [5, 5.41) is 11.7. The molecule has 112 valence electrons. The highest BCUT2D eigenvalue weighted by Gasteiger charge is 2.37. The fraction of sp³-hybridized carbons (Fsp3) is 0.357. The average Bonchev–Trinajstić information content (AvgIpc) is 2.86. The normalized spacial score (nSPS) is 16.3. The Morgan fingerprint density at radius 3 is 2.67 bits per heavy atom. The van der Waals surface area contributed by atoms with Crippen molar-refractivity contribution in [1.29, 1.82) is 0 Å². The van der Waals surface area contributed by atoms with Gasteiger partial charge in [-0.15, -0.1) is 0 Å². The molecule has 2 rings (SSSR count). The molecule has 7 nitrogen and oxygen atoms in total. The summed E-state index contributed by atoms with van der Waals surface area (Å²) >= 11 is 0. The van der Waals surface area contributed by atoms with Gasteiger partial charge in [-0.2, -0.15) is 0 Å². The number of rotatable bonds is 3. The van der Waals surface area contributed by atoms with Gasteiger partial charge >= 0.3 is 12.0 Å². The van der Waals surface area contributed by atoms with E-state index in [1.54, 1.807) is 24.3 Å². The van der Waals surface area contributed by atoms with Crippen LogP contribution in [0.25, 0.3) is 0 Å². The van der Waals surface area contributed by atoms with Gasteiger partial charge in [0.2, 0.25) is 5.91 Å². The molecule has 1 aromatic carbocycles. The average molecular weight is 291 g/mol. The van der Waals surface area contributed by atoms with Crippen LogP contribution in [0.2, 0.25) is 0 Å². The Hall–Kier alpha value is -2.57. The van der Waals surface area contributed by atoms with Crippen LogP contribution in [-0.2, 0) is 9.59 Å². The predicted octanol–water partition coefficient (Wildman–Crippen LogP) is 0.473. The Kier molecular flexibility index (Phi) is 4.11. The quantitative estimate of drug-likeness (QED) is 0.847. The van der Waals surface area contributed by atoms with Crippen molar-refractivity contribution in [3.05, 3.63) is 29.8 Å². The molecule has 0 spiro atoms. The Bertz CT molecular complexity index is 587. The Morgan fingerprint density at radius 2 is 2.05 bits per heavy atom. The minimum absolute atomic E-state index is 0.0750. The molecule has 7 heteroatoms. The molecule has 1 unspecified atom stereocenters. The second-order valence-electron chi connectivity index (χ2n) is 4.87. The first-order valence-corrected chi connectivity index (χ1v) is 6.50. The number of fused-ring (bicyclic) bond motifs is 1. The van der Waals surface area contributed by atoms with Gasteiger partial charge in [-0.05, 0) is 11.6 Å². The van der Waals surface area contributed by atoms with E-state index in [0.717, 1.165) is 0 Å². The van der Waals surface area contributed by atoms with Gasteiger partial charge in [-0.25, -0.2) is 4.79 Å². The zero-order valence-corrected chi connectivity index (χ0v) is 11.9. The number of carboxylic acids is 1. The van der Waals surface area contributed by atoms with Crippen LogP contribution in [0.5, 0.6) is 0 Å². The monoisotopic (exact) mass is 291 g/mol. The highest BCUT2D eigenvalue weighted by Crippen LogP contribution is 2.36. The molecule has 0 saturated heterocycles. The summed E-state index contributed by atoms with van der Waals surface area (Å²) in [5.74, 6) is -1.99. The molecule has 1 heterocycles. The van der Waals surface area contributed by atoms with E-state index in [4.69, 9.17) is 0 Å². The van der Waals surface area contributed by atoms with Crippen LogP contribution in [0.15, 0.2) is 24.3 Å². The Morgan fingerprint density at radius 1 is 1.38 bits per heavy atom. The number of carboxylic acid groups (broad SMARTS) is 1. The van der Waals surface area contributed by atoms with Crippen molar-refractivity contribution in [2.75, 3.05) is 32.1 Å². The van der Waals surface area contributed by atoms with Crippen LogP contribution in [-0.4, -0.2) is 55.1 Å². The molecular formula is C14H17N3O4. The van der Waals surface area contributed by atoms with Gasteiger partial charge in [0.05, 0.1) is 0 Å². The van der Waals surface area contributed by atoms with Crippen LogP contribution in [0.1, 0.15) is 11.5 Å². The topological polar surface area (TPSA) is 90.0 Å². The Balaban J connectivity index is 2.23. The molecule has 1 aliphatic heterocycles. The number of carbonyl (C=O) groups is 3. The zero-order chi connectivity index (χ0) is 15.6. The molecule has 3 amide bonds. The molecule has 0 aliphatic carbocycles. The maximum Gasteiger partial charge on any atom is 0.324 e. The summed E-state index contributed by atoms with van der Waals surface area (Å²) in [7, 11) is 3.00. The van der Waals surface area contributed by atoms with E-state index in [-0.39, 0.29) is 19.0 Å². The molecule has 21 heavy (non-hydrogen) atoms. The molecule has 0 saturated carbocycles. The number of hydrogen-bond donors (Lipinski definition) is 2. The molecule has 0 aromatic heterocycles. The lowest BCUT2D eigenvalue weighted by Crippen LogP contribution is -2.45. The summed E-state index contributed by atoms with van der Waals surface area (Å²) in [4.78, 5) is 37.7. The van der Waals surface area contributed by atoms with Gasteiger partial charge < -0.3 is 15.3 Å².